The number of hydrogen-bond donors (Lipinski definition) is 6. The minimum atomic E-state index is -0.863. The Bertz CT molecular complexity index is 2580. The largest absolute Gasteiger partial charge is 0.453 e. The highest BCUT2D eigenvalue weighted by Gasteiger charge is 2.41. The number of benzene rings is 3. The minimum absolute atomic E-state index is 0.157. The van der Waals surface area contributed by atoms with Crippen LogP contribution in [0.1, 0.15) is 89.4 Å². The molecule has 1 aromatic heterocycles. The number of amides is 6. The number of likely N-dealkylation sites (tertiary alicyclic amines) is 2. The van der Waals surface area contributed by atoms with Gasteiger partial charge in [-0.15, -0.1) is 0 Å². The number of pyridine rings is 1. The summed E-state index contributed by atoms with van der Waals surface area (Å²) in [6.07, 6.45) is 4.11. The van der Waals surface area contributed by atoms with E-state index in [-0.39, 0.29) is 47.5 Å². The molecule has 4 aliphatic rings. The van der Waals surface area contributed by atoms with E-state index in [0.29, 0.717) is 74.7 Å². The molecule has 0 saturated carbocycles. The summed E-state index contributed by atoms with van der Waals surface area (Å²) in [5.41, 5.74) is 19.9. The summed E-state index contributed by atoms with van der Waals surface area (Å²) < 4.78 is 15.0. The number of nitrogens with one attached hydrogen (secondary N) is 4. The lowest BCUT2D eigenvalue weighted by molar-refractivity contribution is -0.139. The van der Waals surface area contributed by atoms with Crippen molar-refractivity contribution in [2.75, 3.05) is 85.5 Å². The molecule has 8 N–H and O–H groups in total. The highest BCUT2D eigenvalue weighted by Crippen LogP contribution is 2.48. The molecule has 3 aromatic carbocycles. The molecule has 0 aliphatic carbocycles. The summed E-state index contributed by atoms with van der Waals surface area (Å²) in [4.78, 5) is 91.8. The maximum absolute atomic E-state index is 13.9. The van der Waals surface area contributed by atoms with Crippen molar-refractivity contribution in [2.45, 2.75) is 102 Å². The van der Waals surface area contributed by atoms with Crippen LogP contribution in [-0.2, 0) is 33.4 Å². The number of anilines is 6. The Kier molecular flexibility index (Phi) is 17.0. The number of carbonyl (C=O) groups is 6. The van der Waals surface area contributed by atoms with E-state index in [0.717, 1.165) is 59.7 Å². The zero-order valence-corrected chi connectivity index (χ0v) is 43.7. The van der Waals surface area contributed by atoms with Crippen molar-refractivity contribution in [2.24, 2.45) is 11.8 Å². The number of morpholine rings is 1. The number of nitrogens with zero attached hydrogens (tertiary/aromatic N) is 5. The van der Waals surface area contributed by atoms with Gasteiger partial charge in [0.1, 0.15) is 30.0 Å². The molecule has 0 unspecified atom stereocenters. The molecule has 4 aromatic rings. The van der Waals surface area contributed by atoms with Gasteiger partial charge in [-0.1, -0.05) is 52.0 Å². The average Bonchev–Trinajstić information content (AvgIpc) is 4.22. The summed E-state index contributed by atoms with van der Waals surface area (Å²) in [6, 6.07) is 20.3. The Balaban J connectivity index is 1.03. The first-order chi connectivity index (χ1) is 36.1. The van der Waals surface area contributed by atoms with Crippen LogP contribution in [0.25, 0.3) is 11.1 Å². The number of methoxy groups -OCH3 is 2. The second-order valence-electron chi connectivity index (χ2n) is 20.3. The lowest BCUT2D eigenvalue weighted by atomic mass is 10.0. The van der Waals surface area contributed by atoms with Gasteiger partial charge in [-0.05, 0) is 116 Å². The first kappa shape index (κ1) is 53.7. The van der Waals surface area contributed by atoms with Crippen molar-refractivity contribution in [3.63, 3.8) is 0 Å². The van der Waals surface area contributed by atoms with Gasteiger partial charge < -0.3 is 66.5 Å². The molecule has 0 spiro atoms. The Morgan fingerprint density at radius 1 is 0.613 bits per heavy atom. The number of carbonyl (C=O) groups excluding carboxylic acids is 6. The quantitative estimate of drug-likeness (QED) is 0.0700. The van der Waals surface area contributed by atoms with Crippen LogP contribution in [0.15, 0.2) is 79.0 Å². The summed E-state index contributed by atoms with van der Waals surface area (Å²) in [7, 11) is 2.47. The van der Waals surface area contributed by atoms with Crippen LogP contribution in [-0.4, -0.2) is 128 Å². The van der Waals surface area contributed by atoms with Crippen molar-refractivity contribution in [3.05, 3.63) is 90.1 Å². The van der Waals surface area contributed by atoms with E-state index in [1.165, 1.54) is 24.0 Å². The third-order valence-electron chi connectivity index (χ3n) is 14.9. The summed E-state index contributed by atoms with van der Waals surface area (Å²) in [5.74, 6) is -1.01. The van der Waals surface area contributed by atoms with Gasteiger partial charge in [0.2, 0.25) is 23.6 Å². The summed E-state index contributed by atoms with van der Waals surface area (Å²) in [6.45, 7) is 11.0. The van der Waals surface area contributed by atoms with Crippen LogP contribution >= 0.6 is 0 Å². The maximum atomic E-state index is 13.9. The van der Waals surface area contributed by atoms with Gasteiger partial charge >= 0.3 is 12.2 Å². The van der Waals surface area contributed by atoms with Crippen LogP contribution in [0.2, 0.25) is 0 Å². The van der Waals surface area contributed by atoms with Crippen molar-refractivity contribution in [1.29, 1.82) is 0 Å². The second-order valence-corrected chi connectivity index (χ2v) is 20.3. The molecular weight excluding hydrogens is 959 g/mol. The van der Waals surface area contributed by atoms with Gasteiger partial charge in [0.25, 0.3) is 0 Å². The van der Waals surface area contributed by atoms with Crippen molar-refractivity contribution in [1.82, 2.24) is 25.4 Å². The van der Waals surface area contributed by atoms with Crippen LogP contribution in [0.5, 0.6) is 0 Å². The molecule has 0 radical (unpaired) electrons. The first-order valence-electron chi connectivity index (χ1n) is 25.9. The monoisotopic (exact) mass is 1030 g/mol. The van der Waals surface area contributed by atoms with Crippen LogP contribution in [0.4, 0.5) is 43.8 Å². The molecule has 400 valence electrons. The molecule has 20 heteroatoms. The lowest BCUT2D eigenvalue weighted by Gasteiger charge is -2.34. The molecule has 0 bridgehead atoms. The van der Waals surface area contributed by atoms with E-state index in [2.05, 4.69) is 61.4 Å². The smallest absolute Gasteiger partial charge is 0.407 e. The number of aromatic nitrogens is 1. The normalized spacial score (nSPS) is 20.4. The lowest BCUT2D eigenvalue weighted by Crippen LogP contribution is -2.54. The van der Waals surface area contributed by atoms with Gasteiger partial charge in [-0.25, -0.2) is 14.6 Å². The highest BCUT2D eigenvalue weighted by molar-refractivity contribution is 6.01. The topological polar surface area (TPSA) is 256 Å². The van der Waals surface area contributed by atoms with Crippen molar-refractivity contribution in [3.8, 4) is 11.1 Å². The number of nitrogen functional groups attached to an aromatic ring is 2. The Morgan fingerprint density at radius 3 is 1.49 bits per heavy atom. The third-order valence-corrected chi connectivity index (χ3v) is 14.9. The van der Waals surface area contributed by atoms with E-state index < -0.39 is 36.4 Å². The Labute approximate surface area is 438 Å². The Hall–Kier alpha value is -7.61. The van der Waals surface area contributed by atoms with Crippen LogP contribution in [0, 0.1) is 11.8 Å². The van der Waals surface area contributed by atoms with Crippen LogP contribution < -0.4 is 42.5 Å². The standard InChI is InChI=1S/C55H71N11O9/c1-32(2)48(61-54(71)73-5)52(69)64-23-7-9-45(64)50(67)59-41-18-13-35(29-39(41)56)43-20-21-44(66(43)38-16-11-34(12-17-38)37-15-22-47(58-31-37)63-25-27-75-28-26-63)36-14-19-42(40(57)30-36)60-51(68)46-10-8-24-65(46)53(70)49(33(3)4)62-55(72)74-6/h11-19,22,29-33,43-46,48-49H,7-10,20-21,23-28,56-57H2,1-6H3,(H,59,67)(H,60,68)(H,61,71)(H,62,72)/t43-,44-,45+,46+,48+,49+/m1/s1. The fourth-order valence-corrected chi connectivity index (χ4v) is 10.8. The third kappa shape index (κ3) is 12.0. The zero-order valence-electron chi connectivity index (χ0n) is 43.7. The van der Waals surface area contributed by atoms with E-state index in [9.17, 15) is 28.8 Å². The average molecular weight is 1030 g/mol. The van der Waals surface area contributed by atoms with E-state index in [4.69, 9.17) is 30.7 Å². The van der Waals surface area contributed by atoms with Crippen molar-refractivity contribution < 1.29 is 43.0 Å². The molecule has 4 saturated heterocycles. The van der Waals surface area contributed by atoms with E-state index >= 15 is 0 Å². The maximum Gasteiger partial charge on any atom is 0.407 e. The number of hydrogen-bond acceptors (Lipinski definition) is 14. The molecule has 75 heavy (non-hydrogen) atoms. The molecule has 5 heterocycles. The number of rotatable bonds is 15. The summed E-state index contributed by atoms with van der Waals surface area (Å²) in [5, 5.41) is 11.2. The Morgan fingerprint density at radius 2 is 1.08 bits per heavy atom. The van der Waals surface area contributed by atoms with E-state index in [1.54, 1.807) is 12.1 Å². The predicted octanol–water partition coefficient (Wildman–Crippen LogP) is 6.45. The SMILES string of the molecule is COC(=O)N[C@H](C(=O)N1CCC[C@H]1C(=O)Nc1ccc([C@H]2CC[C@H](c3ccc(NC(=O)[C@@H]4CCCN4C(=O)[C@@H](NC(=O)OC)C(C)C)c(N)c3)N2c2ccc(-c3ccc(N4CCOCC4)nc3)cc2)cc1N)C(C)C. The van der Waals surface area contributed by atoms with E-state index in [1.807, 2.05) is 64.2 Å². The minimum Gasteiger partial charge on any atom is -0.453 e. The second kappa shape index (κ2) is 23.7. The molecule has 4 aliphatic heterocycles. The van der Waals surface area contributed by atoms with Crippen molar-refractivity contribution >= 4 is 70.1 Å². The van der Waals surface area contributed by atoms with Gasteiger partial charge in [0.05, 0.1) is 62.3 Å². The van der Waals surface area contributed by atoms with Gasteiger partial charge in [0, 0.05) is 43.6 Å². The fraction of sp³-hybridized carbons (Fsp3) is 0.473. The highest BCUT2D eigenvalue weighted by atomic mass is 16.5. The number of nitrogens with two attached hydrogens (primary N) is 2. The molecular formula is C55H71N11O9. The van der Waals surface area contributed by atoms with Gasteiger partial charge in [-0.2, -0.15) is 0 Å². The number of alkyl carbamates (subject to hydrolysis) is 2. The first-order valence-corrected chi connectivity index (χ1v) is 25.9. The predicted molar refractivity (Wildman–Crippen MR) is 287 cm³/mol. The van der Waals surface area contributed by atoms with Gasteiger partial charge in [-0.3, -0.25) is 19.2 Å². The summed E-state index contributed by atoms with van der Waals surface area (Å²) >= 11 is 0. The van der Waals surface area contributed by atoms with Gasteiger partial charge in [0.15, 0.2) is 0 Å². The molecule has 20 nitrogen and oxygen atoms in total. The fourth-order valence-electron chi connectivity index (χ4n) is 10.8. The molecule has 6 amide bonds. The molecule has 4 fully saturated rings. The zero-order chi connectivity index (χ0) is 53.5. The molecule has 6 atom stereocenters. The number of ether oxygens (including phenoxy) is 3. The molecule has 8 rings (SSSR count). The van der Waals surface area contributed by atoms with Crippen LogP contribution in [0.3, 0.4) is 0 Å².